The van der Waals surface area contributed by atoms with Gasteiger partial charge in [-0.25, -0.2) is 4.39 Å². The van der Waals surface area contributed by atoms with Crippen molar-refractivity contribution in [3.8, 4) is 22.6 Å². The van der Waals surface area contributed by atoms with E-state index in [0.29, 0.717) is 30.1 Å². The van der Waals surface area contributed by atoms with Crippen molar-refractivity contribution in [2.24, 2.45) is 11.3 Å². The first kappa shape index (κ1) is 25.1. The molecule has 0 heterocycles. The Bertz CT molecular complexity index is 1390. The molecule has 0 bridgehead atoms. The van der Waals surface area contributed by atoms with E-state index in [-0.39, 0.29) is 22.6 Å². The van der Waals surface area contributed by atoms with Gasteiger partial charge >= 0.3 is 5.97 Å². The number of rotatable bonds is 8. The Balaban J connectivity index is 1.45. The minimum atomic E-state index is -0.752. The summed E-state index contributed by atoms with van der Waals surface area (Å²) in [6.45, 7) is 6.80. The zero-order valence-electron chi connectivity index (χ0n) is 21.8. The lowest BCUT2D eigenvalue weighted by atomic mass is 9.79. The van der Waals surface area contributed by atoms with Crippen LogP contribution in [0.25, 0.3) is 16.7 Å². The molecule has 0 aliphatic heterocycles. The van der Waals surface area contributed by atoms with Gasteiger partial charge in [0.05, 0.1) is 13.0 Å². The van der Waals surface area contributed by atoms with Crippen LogP contribution in [-0.2, 0) is 16.8 Å². The molecule has 0 unspecified atom stereocenters. The number of benzene rings is 3. The lowest BCUT2D eigenvalue weighted by Gasteiger charge is -2.25. The van der Waals surface area contributed by atoms with E-state index >= 15 is 4.39 Å². The minimum Gasteiger partial charge on any atom is -0.497 e. The average Bonchev–Trinajstić information content (AvgIpc) is 3.47. The quantitative estimate of drug-likeness (QED) is 0.345. The highest BCUT2D eigenvalue weighted by molar-refractivity contribution is 5.85. The number of hydrogen-bond acceptors (Lipinski definition) is 3. The van der Waals surface area contributed by atoms with Gasteiger partial charge in [-0.2, -0.15) is 0 Å². The molecular formula is C32H33FO4. The highest BCUT2D eigenvalue weighted by Crippen LogP contribution is 2.54. The van der Waals surface area contributed by atoms with Crippen LogP contribution in [0.15, 0.2) is 66.7 Å². The fraction of sp³-hybridized carbons (Fsp3) is 0.344. The molecule has 0 saturated heterocycles. The molecule has 5 heteroatoms. The van der Waals surface area contributed by atoms with Gasteiger partial charge in [-0.05, 0) is 88.9 Å². The van der Waals surface area contributed by atoms with E-state index in [4.69, 9.17) is 9.47 Å². The minimum absolute atomic E-state index is 0.0156. The highest BCUT2D eigenvalue weighted by Gasteiger charge is 2.56. The first-order valence-corrected chi connectivity index (χ1v) is 12.8. The molecule has 2 atom stereocenters. The molecular weight excluding hydrogens is 467 g/mol. The van der Waals surface area contributed by atoms with Gasteiger partial charge < -0.3 is 14.6 Å². The number of carbonyl (C=O) groups is 1. The Labute approximate surface area is 217 Å². The molecule has 2 aliphatic carbocycles. The number of carboxylic acid groups (broad SMARTS) is 1. The molecule has 5 rings (SSSR count). The molecule has 2 aliphatic rings. The number of aliphatic carboxylic acids is 1. The molecule has 1 saturated carbocycles. The second kappa shape index (κ2) is 9.37. The molecule has 0 aromatic heterocycles. The topological polar surface area (TPSA) is 55.8 Å². The van der Waals surface area contributed by atoms with E-state index in [1.165, 1.54) is 11.6 Å². The lowest BCUT2D eigenvalue weighted by Crippen LogP contribution is -2.11. The van der Waals surface area contributed by atoms with Crippen molar-refractivity contribution < 1.29 is 23.8 Å². The molecule has 4 nitrogen and oxygen atoms in total. The third-order valence-electron chi connectivity index (χ3n) is 8.12. The first-order chi connectivity index (χ1) is 17.6. The van der Waals surface area contributed by atoms with Crippen molar-refractivity contribution in [3.05, 3.63) is 89.2 Å². The summed E-state index contributed by atoms with van der Waals surface area (Å²) in [7, 11) is 1.58. The van der Waals surface area contributed by atoms with E-state index in [9.17, 15) is 9.90 Å². The van der Waals surface area contributed by atoms with Crippen LogP contribution in [0.2, 0.25) is 0 Å². The second-order valence-corrected chi connectivity index (χ2v) is 11.1. The zero-order valence-corrected chi connectivity index (χ0v) is 21.8. The fourth-order valence-corrected chi connectivity index (χ4v) is 5.59. The number of halogens is 1. The summed E-state index contributed by atoms with van der Waals surface area (Å²) in [5, 5.41) is 9.41. The van der Waals surface area contributed by atoms with Crippen molar-refractivity contribution in [1.29, 1.82) is 0 Å². The number of allylic oxidation sites excluding steroid dienone is 2. The molecule has 0 amide bonds. The molecule has 3 aromatic carbocycles. The smallest absolute Gasteiger partial charge is 0.307 e. The Morgan fingerprint density at radius 3 is 2.49 bits per heavy atom. The molecule has 1 fully saturated rings. The predicted octanol–water partition coefficient (Wildman–Crippen LogP) is 7.65. The van der Waals surface area contributed by atoms with E-state index in [2.05, 4.69) is 26.0 Å². The van der Waals surface area contributed by atoms with Crippen LogP contribution in [0.3, 0.4) is 0 Å². The summed E-state index contributed by atoms with van der Waals surface area (Å²) in [6.07, 6.45) is 4.94. The van der Waals surface area contributed by atoms with Crippen LogP contribution in [0.1, 0.15) is 56.7 Å². The highest BCUT2D eigenvalue weighted by atomic mass is 19.1. The predicted molar refractivity (Wildman–Crippen MR) is 143 cm³/mol. The van der Waals surface area contributed by atoms with Gasteiger partial charge in [0.25, 0.3) is 0 Å². The maximum Gasteiger partial charge on any atom is 0.307 e. The molecule has 192 valence electrons. The van der Waals surface area contributed by atoms with Crippen molar-refractivity contribution in [2.75, 3.05) is 7.11 Å². The third kappa shape index (κ3) is 4.75. The standard InChI is InChI=1S/C32H33FO4/c1-31(2)14-6-9-27(31)25-15-20(10-12-24(25)26-17-22(36-4)11-13-29(26)33)19-37-23-8-5-7-21(16-23)32(3)18-28(32)30(34)35/h5,7-13,15-17,28H,6,14,18-19H2,1-4H3,(H,34,35)/t28-,32-/m0/s1. The molecule has 1 N–H and O–H groups in total. The molecule has 37 heavy (non-hydrogen) atoms. The van der Waals surface area contributed by atoms with Gasteiger partial charge in [-0.1, -0.05) is 51.1 Å². The van der Waals surface area contributed by atoms with Crippen LogP contribution >= 0.6 is 0 Å². The zero-order chi connectivity index (χ0) is 26.4. The monoisotopic (exact) mass is 500 g/mol. The summed E-state index contributed by atoms with van der Waals surface area (Å²) in [5.41, 5.74) is 5.19. The number of methoxy groups -OCH3 is 1. The van der Waals surface area contributed by atoms with E-state index < -0.39 is 5.97 Å². The number of ether oxygens (including phenoxy) is 2. The van der Waals surface area contributed by atoms with Crippen LogP contribution < -0.4 is 9.47 Å². The summed E-state index contributed by atoms with van der Waals surface area (Å²) < 4.78 is 26.5. The van der Waals surface area contributed by atoms with E-state index in [1.807, 2.05) is 43.3 Å². The Morgan fingerprint density at radius 1 is 1.00 bits per heavy atom. The first-order valence-electron chi connectivity index (χ1n) is 12.8. The van der Waals surface area contributed by atoms with Crippen molar-refractivity contribution in [3.63, 3.8) is 0 Å². The Hall–Kier alpha value is -3.60. The van der Waals surface area contributed by atoms with Gasteiger partial charge in [0.15, 0.2) is 0 Å². The van der Waals surface area contributed by atoms with Gasteiger partial charge in [0.2, 0.25) is 0 Å². The normalized spacial score (nSPS) is 21.9. The summed E-state index contributed by atoms with van der Waals surface area (Å²) in [6, 6.07) is 18.6. The SMILES string of the molecule is COc1ccc(F)c(-c2ccc(COc3cccc([C@]4(C)C[C@H]4C(=O)O)c3)cc2C2=CCCC2(C)C)c1. The van der Waals surface area contributed by atoms with Gasteiger partial charge in [0.1, 0.15) is 23.9 Å². The van der Waals surface area contributed by atoms with Crippen molar-refractivity contribution in [1.82, 2.24) is 0 Å². The Morgan fingerprint density at radius 2 is 1.81 bits per heavy atom. The lowest BCUT2D eigenvalue weighted by molar-refractivity contribution is -0.138. The average molecular weight is 501 g/mol. The second-order valence-electron chi connectivity index (χ2n) is 11.1. The van der Waals surface area contributed by atoms with Crippen molar-refractivity contribution >= 4 is 11.5 Å². The van der Waals surface area contributed by atoms with E-state index in [1.54, 1.807) is 19.2 Å². The molecule has 0 spiro atoms. The summed E-state index contributed by atoms with van der Waals surface area (Å²) in [5.74, 6) is -0.0631. The van der Waals surface area contributed by atoms with Crippen LogP contribution in [-0.4, -0.2) is 18.2 Å². The van der Waals surface area contributed by atoms with Crippen LogP contribution in [0, 0.1) is 17.2 Å². The number of hydrogen-bond donors (Lipinski definition) is 1. The van der Waals surface area contributed by atoms with Gasteiger partial charge in [0, 0.05) is 11.0 Å². The van der Waals surface area contributed by atoms with Crippen LogP contribution in [0.5, 0.6) is 11.5 Å². The third-order valence-corrected chi connectivity index (χ3v) is 8.12. The Kier molecular flexibility index (Phi) is 6.35. The summed E-state index contributed by atoms with van der Waals surface area (Å²) >= 11 is 0. The van der Waals surface area contributed by atoms with Crippen molar-refractivity contribution in [2.45, 2.75) is 52.1 Å². The van der Waals surface area contributed by atoms with E-state index in [0.717, 1.165) is 35.1 Å². The maximum absolute atomic E-state index is 15.0. The fourth-order valence-electron chi connectivity index (χ4n) is 5.59. The van der Waals surface area contributed by atoms with Crippen LogP contribution in [0.4, 0.5) is 4.39 Å². The summed E-state index contributed by atoms with van der Waals surface area (Å²) in [4.78, 5) is 11.5. The van der Waals surface area contributed by atoms with Gasteiger partial charge in [-0.15, -0.1) is 0 Å². The molecule has 3 aromatic rings. The van der Waals surface area contributed by atoms with Gasteiger partial charge in [-0.3, -0.25) is 4.79 Å². The molecule has 0 radical (unpaired) electrons. The largest absolute Gasteiger partial charge is 0.497 e. The maximum atomic E-state index is 15.0. The number of carboxylic acids is 1.